The van der Waals surface area contributed by atoms with Gasteiger partial charge in [-0.15, -0.1) is 24.8 Å². The molecule has 4 heteroatoms. The standard InChI is InChI=1S/2C12H13.2CH3.2ClH.GeH2.Zr/c2*1-9(2)12-7-10-5-3-4-6-11(10)8-12;;;;;;/h2*3-9H,1-2H3;2*1H3;2*1H;1H2;. The van der Waals surface area contributed by atoms with E-state index in [-0.39, 0.29) is 24.8 Å². The van der Waals surface area contributed by atoms with Crippen LogP contribution in [0.4, 0.5) is 0 Å². The van der Waals surface area contributed by atoms with E-state index >= 15 is 0 Å². The predicted octanol–water partition coefficient (Wildman–Crippen LogP) is 7.75. The zero-order valence-electron chi connectivity index (χ0n) is 19.1. The molecular formula is C26H36Cl2GeZr. The smallest absolute Gasteiger partial charge is 0.147 e. The second kappa shape index (κ2) is 9.05. The summed E-state index contributed by atoms with van der Waals surface area (Å²) in [7, 11) is 0. The molecule has 2 aliphatic rings. The van der Waals surface area contributed by atoms with E-state index in [0.717, 1.165) is 0 Å². The number of hydrogen-bond acceptors (Lipinski definition) is 0. The predicted molar refractivity (Wildman–Crippen MR) is 139 cm³/mol. The molecule has 0 fully saturated rings. The molecule has 2 aliphatic carbocycles. The molecule has 0 saturated heterocycles. The van der Waals surface area contributed by atoms with E-state index in [1.54, 1.807) is 22.3 Å². The molecule has 2 unspecified atom stereocenters. The molecule has 0 N–H and O–H groups in total. The van der Waals surface area contributed by atoms with E-state index in [1.807, 2.05) is 0 Å². The van der Waals surface area contributed by atoms with E-state index in [4.69, 9.17) is 0 Å². The number of fused-ring (bicyclic) bond motifs is 2. The number of halogens is 2. The quantitative estimate of drug-likeness (QED) is 0.323. The Morgan fingerprint density at radius 3 is 1.33 bits per heavy atom. The Balaban J connectivity index is 0.00000160. The van der Waals surface area contributed by atoms with Gasteiger partial charge in [0.1, 0.15) is 0 Å². The zero-order valence-corrected chi connectivity index (χ0v) is 26.2. The van der Waals surface area contributed by atoms with Crippen molar-refractivity contribution in [1.29, 1.82) is 0 Å². The first-order valence-corrected chi connectivity index (χ1v) is 29.1. The summed E-state index contributed by atoms with van der Waals surface area (Å²) in [6.45, 7) is 9.60. The number of allylic oxidation sites excluding steroid dienone is 2. The average Bonchev–Trinajstić information content (AvgIpc) is 3.21. The van der Waals surface area contributed by atoms with Gasteiger partial charge < -0.3 is 0 Å². The van der Waals surface area contributed by atoms with Gasteiger partial charge in [0.25, 0.3) is 0 Å². The van der Waals surface area contributed by atoms with Crippen LogP contribution in [0.2, 0.25) is 9.26 Å². The van der Waals surface area contributed by atoms with Gasteiger partial charge in [0.15, 0.2) is 0 Å². The van der Waals surface area contributed by atoms with Gasteiger partial charge in [0, 0.05) is 0 Å². The number of benzene rings is 2. The Morgan fingerprint density at radius 2 is 1.00 bits per heavy atom. The van der Waals surface area contributed by atoms with E-state index in [0.29, 0.717) is 19.1 Å². The van der Waals surface area contributed by atoms with Crippen molar-refractivity contribution < 1.29 is 15.7 Å². The molecule has 0 amide bonds. The molecule has 0 heterocycles. The van der Waals surface area contributed by atoms with Crippen LogP contribution in [0.1, 0.15) is 57.2 Å². The average molecular weight is 583 g/mol. The Hall–Kier alpha value is -0.0740. The SMILES string of the molecule is CC(C)C1=Cc2ccccc2[CH]1[Zr]([CH3])([CH3])(=[GeH2])[CH]1C(C(C)C)=Cc2ccccc21.Cl.Cl. The molecule has 0 saturated carbocycles. The van der Waals surface area contributed by atoms with Crippen molar-refractivity contribution in [1.82, 2.24) is 0 Å². The van der Waals surface area contributed by atoms with Crippen molar-refractivity contribution in [2.45, 2.75) is 44.2 Å². The molecular weight excluding hydrogens is 547 g/mol. The monoisotopic (exact) mass is 582 g/mol. The van der Waals surface area contributed by atoms with Crippen molar-refractivity contribution >= 4 is 49.1 Å². The van der Waals surface area contributed by atoms with Crippen molar-refractivity contribution in [3.05, 3.63) is 81.9 Å². The maximum Gasteiger partial charge on any atom is -0.147 e. The van der Waals surface area contributed by atoms with Crippen molar-refractivity contribution in [3.63, 3.8) is 0 Å². The fourth-order valence-corrected chi connectivity index (χ4v) is 31.9. The second-order valence-electron chi connectivity index (χ2n) is 10.7. The summed E-state index contributed by atoms with van der Waals surface area (Å²) < 4.78 is 6.92. The van der Waals surface area contributed by atoms with Crippen LogP contribution in [0.15, 0.2) is 59.7 Å². The molecule has 4 rings (SSSR count). The summed E-state index contributed by atoms with van der Waals surface area (Å²) in [5.41, 5.74) is 9.62. The molecule has 0 aliphatic heterocycles. The molecule has 0 spiro atoms. The Labute approximate surface area is 201 Å². The van der Waals surface area contributed by atoms with E-state index < -0.39 is 15.7 Å². The van der Waals surface area contributed by atoms with E-state index in [1.165, 1.54) is 23.3 Å². The summed E-state index contributed by atoms with van der Waals surface area (Å²) in [5.74, 6) is 1.22. The van der Waals surface area contributed by atoms with Crippen LogP contribution in [0.5, 0.6) is 0 Å². The minimum absolute atomic E-state index is 0. The first-order valence-electron chi connectivity index (χ1n) is 10.8. The third-order valence-corrected chi connectivity index (χ3v) is 29.8. The summed E-state index contributed by atoms with van der Waals surface area (Å²) in [6.07, 6.45) is 5.08. The third-order valence-electron chi connectivity index (χ3n) is 7.15. The Morgan fingerprint density at radius 1 is 0.667 bits per heavy atom. The van der Waals surface area contributed by atoms with E-state index in [9.17, 15) is 0 Å². The normalized spacial score (nSPS) is 20.2. The number of rotatable bonds is 4. The first kappa shape index (κ1) is 26.2. The van der Waals surface area contributed by atoms with Crippen molar-refractivity contribution in [3.8, 4) is 0 Å². The van der Waals surface area contributed by atoms with Gasteiger partial charge in [-0.05, 0) is 0 Å². The van der Waals surface area contributed by atoms with Gasteiger partial charge in [-0.25, -0.2) is 0 Å². The summed E-state index contributed by atoms with van der Waals surface area (Å²) in [6, 6.07) is 18.5. The van der Waals surface area contributed by atoms with Crippen LogP contribution in [-0.4, -0.2) is 12.1 Å². The van der Waals surface area contributed by atoms with Crippen LogP contribution in [0, 0.1) is 11.8 Å². The van der Waals surface area contributed by atoms with Crippen molar-refractivity contribution in [2.75, 3.05) is 0 Å². The molecule has 162 valence electrons. The first-order chi connectivity index (χ1) is 13.1. The van der Waals surface area contributed by atoms with E-state index in [2.05, 4.69) is 97.6 Å². The molecule has 0 nitrogen and oxygen atoms in total. The van der Waals surface area contributed by atoms with Gasteiger partial charge >= 0.3 is 178 Å². The van der Waals surface area contributed by atoms with Crippen LogP contribution < -0.4 is 0 Å². The molecule has 2 aromatic carbocycles. The fourth-order valence-electron chi connectivity index (χ4n) is 5.98. The Bertz CT molecular complexity index is 992. The van der Waals surface area contributed by atoms with Gasteiger partial charge in [-0.2, -0.15) is 0 Å². The summed E-state index contributed by atoms with van der Waals surface area (Å²) >= 11 is -1.77. The van der Waals surface area contributed by atoms with Gasteiger partial charge in [-0.3, -0.25) is 0 Å². The van der Waals surface area contributed by atoms with Gasteiger partial charge in [-0.1, -0.05) is 0 Å². The molecule has 30 heavy (non-hydrogen) atoms. The maximum atomic E-state index is 2.79. The third kappa shape index (κ3) is 4.14. The number of hydrogen-bond donors (Lipinski definition) is 0. The summed E-state index contributed by atoms with van der Waals surface area (Å²) in [5, 5.41) is 0. The van der Waals surface area contributed by atoms with Gasteiger partial charge in [0.05, 0.1) is 0 Å². The zero-order chi connectivity index (χ0) is 20.3. The topological polar surface area (TPSA) is 0 Å². The molecule has 2 atom stereocenters. The molecule has 0 aromatic heterocycles. The van der Waals surface area contributed by atoms with Crippen LogP contribution >= 0.6 is 24.8 Å². The molecule has 0 radical (unpaired) electrons. The fraction of sp³-hybridized carbons (Fsp3) is 0.385. The van der Waals surface area contributed by atoms with Crippen LogP contribution in [0.3, 0.4) is 0 Å². The minimum atomic E-state index is -3.24. The minimum Gasteiger partial charge on any atom is -0.147 e. The Kier molecular flexibility index (Phi) is 7.90. The maximum absolute atomic E-state index is 3.24. The van der Waals surface area contributed by atoms with Crippen molar-refractivity contribution in [2.24, 2.45) is 11.8 Å². The summed E-state index contributed by atoms with van der Waals surface area (Å²) in [4.78, 5) is 0. The largest absolute Gasteiger partial charge is 0.147 e. The van der Waals surface area contributed by atoms with Crippen LogP contribution in [-0.2, 0) is 15.7 Å². The van der Waals surface area contributed by atoms with Crippen LogP contribution in [0.25, 0.3) is 12.2 Å². The van der Waals surface area contributed by atoms with Gasteiger partial charge in [0.2, 0.25) is 0 Å². The molecule has 0 bridgehead atoms. The second-order valence-corrected chi connectivity index (χ2v) is 55.6. The molecule has 2 aromatic rings.